The van der Waals surface area contributed by atoms with Crippen molar-refractivity contribution in [1.29, 1.82) is 0 Å². The number of aryl methyl sites for hydroxylation is 2. The van der Waals surface area contributed by atoms with Crippen molar-refractivity contribution < 1.29 is 18.3 Å². The van der Waals surface area contributed by atoms with Crippen LogP contribution in [0.15, 0.2) is 12.1 Å². The summed E-state index contributed by atoms with van der Waals surface area (Å²) in [4.78, 5) is 13.0. The van der Waals surface area contributed by atoms with Gasteiger partial charge in [-0.1, -0.05) is 5.92 Å². The van der Waals surface area contributed by atoms with Gasteiger partial charge in [0.1, 0.15) is 5.78 Å². The van der Waals surface area contributed by atoms with Gasteiger partial charge in [0.2, 0.25) is 10.0 Å². The zero-order chi connectivity index (χ0) is 20.9. The van der Waals surface area contributed by atoms with Crippen molar-refractivity contribution in [1.82, 2.24) is 4.31 Å². The summed E-state index contributed by atoms with van der Waals surface area (Å²) in [6.45, 7) is 8.07. The monoisotopic (exact) mass is 405 g/mol. The Morgan fingerprint density at radius 1 is 1.18 bits per heavy atom. The molecule has 2 rings (SSSR count). The van der Waals surface area contributed by atoms with E-state index in [1.54, 1.807) is 13.8 Å². The molecule has 0 bridgehead atoms. The lowest BCUT2D eigenvalue weighted by molar-refractivity contribution is -0.123. The smallest absolute Gasteiger partial charge is 0.213 e. The number of carbonyl (C=O) groups is 1. The Morgan fingerprint density at radius 2 is 1.79 bits per heavy atom. The second-order valence-corrected chi connectivity index (χ2v) is 9.71. The third kappa shape index (κ3) is 5.22. The Morgan fingerprint density at radius 3 is 2.36 bits per heavy atom. The van der Waals surface area contributed by atoms with Crippen molar-refractivity contribution in [3.8, 4) is 11.8 Å². The number of ketones is 1. The first kappa shape index (κ1) is 22.6. The van der Waals surface area contributed by atoms with Crippen LogP contribution < -0.4 is 0 Å². The number of sulfonamides is 1. The van der Waals surface area contributed by atoms with Crippen LogP contribution in [0.25, 0.3) is 0 Å². The summed E-state index contributed by atoms with van der Waals surface area (Å²) in [6, 6.07) is 3.93. The molecule has 1 aromatic carbocycles. The number of hydrogen-bond acceptors (Lipinski definition) is 4. The molecule has 6 heteroatoms. The highest BCUT2D eigenvalue weighted by molar-refractivity contribution is 7.89. The normalized spacial score (nSPS) is 22.4. The third-order valence-electron chi connectivity index (χ3n) is 5.40. The molecule has 5 nitrogen and oxygen atoms in total. The molecule has 2 atom stereocenters. The van der Waals surface area contributed by atoms with Crippen molar-refractivity contribution >= 4 is 15.8 Å². The Labute approximate surface area is 169 Å². The molecule has 1 aliphatic rings. The number of aliphatic hydroxyl groups excluding tert-OH is 1. The fourth-order valence-corrected chi connectivity index (χ4v) is 5.23. The van der Waals surface area contributed by atoms with Gasteiger partial charge in [0.05, 0.1) is 17.8 Å². The molecule has 0 saturated carbocycles. The maximum atomic E-state index is 13.0. The average Bonchev–Trinajstić information content (AvgIpc) is 2.62. The van der Waals surface area contributed by atoms with E-state index < -0.39 is 22.0 Å². The molecular weight excluding hydrogens is 374 g/mol. The van der Waals surface area contributed by atoms with Crippen molar-refractivity contribution in [2.45, 2.75) is 65.4 Å². The molecule has 0 spiro atoms. The zero-order valence-corrected chi connectivity index (χ0v) is 18.1. The topological polar surface area (TPSA) is 74.7 Å². The van der Waals surface area contributed by atoms with Crippen LogP contribution in [0.4, 0.5) is 0 Å². The molecule has 1 N–H and O–H groups in total. The Bertz CT molecular complexity index is 857. The number of rotatable bonds is 3. The van der Waals surface area contributed by atoms with Crippen molar-refractivity contribution in [3.05, 3.63) is 34.4 Å². The molecule has 1 aromatic rings. The van der Waals surface area contributed by atoms with E-state index in [0.29, 0.717) is 32.4 Å². The highest BCUT2D eigenvalue weighted by Gasteiger charge is 2.32. The fraction of sp³-hybridized carbons (Fsp3) is 0.591. The van der Waals surface area contributed by atoms with E-state index in [1.807, 2.05) is 26.0 Å². The largest absolute Gasteiger partial charge is 0.392 e. The fourth-order valence-electron chi connectivity index (χ4n) is 4.05. The highest BCUT2D eigenvalue weighted by atomic mass is 32.2. The molecule has 2 unspecified atom stereocenters. The highest BCUT2D eigenvalue weighted by Crippen LogP contribution is 2.32. The van der Waals surface area contributed by atoms with Crippen LogP contribution >= 0.6 is 0 Å². The minimum absolute atomic E-state index is 0.0243. The summed E-state index contributed by atoms with van der Waals surface area (Å²) >= 11 is 0. The van der Waals surface area contributed by atoms with Crippen LogP contribution in [-0.4, -0.2) is 48.6 Å². The maximum Gasteiger partial charge on any atom is 0.213 e. The van der Waals surface area contributed by atoms with E-state index in [9.17, 15) is 18.3 Å². The summed E-state index contributed by atoms with van der Waals surface area (Å²) in [7, 11) is -3.29. The van der Waals surface area contributed by atoms with E-state index in [0.717, 1.165) is 22.3 Å². The molecule has 1 saturated heterocycles. The van der Waals surface area contributed by atoms with E-state index in [-0.39, 0.29) is 18.0 Å². The predicted octanol–water partition coefficient (Wildman–Crippen LogP) is 2.91. The number of aliphatic hydroxyl groups is 1. The van der Waals surface area contributed by atoms with Gasteiger partial charge >= 0.3 is 0 Å². The first-order chi connectivity index (χ1) is 13.2. The van der Waals surface area contributed by atoms with Gasteiger partial charge in [-0.3, -0.25) is 4.79 Å². The van der Waals surface area contributed by atoms with Crippen LogP contribution in [0, 0.1) is 25.7 Å². The molecule has 1 fully saturated rings. The first-order valence-electron chi connectivity index (χ1n) is 9.93. The molecule has 28 heavy (non-hydrogen) atoms. The molecule has 0 aliphatic carbocycles. The lowest BCUT2D eigenvalue weighted by atomic mass is 9.80. The molecule has 0 amide bonds. The summed E-state index contributed by atoms with van der Waals surface area (Å²) < 4.78 is 25.9. The number of carbonyl (C=O) groups excluding carboxylic acids is 1. The van der Waals surface area contributed by atoms with Crippen LogP contribution in [0.1, 0.15) is 67.7 Å². The Balaban J connectivity index is 2.32. The third-order valence-corrected chi connectivity index (χ3v) is 7.28. The molecule has 1 heterocycles. The minimum atomic E-state index is -3.29. The lowest BCUT2D eigenvalue weighted by Gasteiger charge is -2.29. The number of hydrogen-bond donors (Lipinski definition) is 1. The van der Waals surface area contributed by atoms with E-state index in [4.69, 9.17) is 0 Å². The summed E-state index contributed by atoms with van der Waals surface area (Å²) in [6.07, 6.45) is 0.826. The summed E-state index contributed by atoms with van der Waals surface area (Å²) in [5.41, 5.74) is 3.71. The standard InChI is InChI=1S/C22H31NO4S/c1-5-9-18-14-16(3)21(17(4)15-18)22-19(24)10-7-12-23(28(26,27)6-2)13-8-11-20(22)25/h14-15,19,22,24H,6-8,10-13H2,1-4H3. The zero-order valence-electron chi connectivity index (χ0n) is 17.3. The molecule has 154 valence electrons. The van der Waals surface area contributed by atoms with Crippen LogP contribution in [0.3, 0.4) is 0 Å². The van der Waals surface area contributed by atoms with Gasteiger partial charge in [-0.05, 0) is 75.8 Å². The van der Waals surface area contributed by atoms with Gasteiger partial charge in [-0.25, -0.2) is 12.7 Å². The summed E-state index contributed by atoms with van der Waals surface area (Å²) in [5.74, 6) is 5.39. The molecule has 1 aliphatic heterocycles. The maximum absolute atomic E-state index is 13.0. The van der Waals surface area contributed by atoms with Gasteiger partial charge in [-0.2, -0.15) is 0 Å². The number of benzene rings is 1. The van der Waals surface area contributed by atoms with Gasteiger partial charge in [0.25, 0.3) is 0 Å². The second-order valence-electron chi connectivity index (χ2n) is 7.46. The van der Waals surface area contributed by atoms with Crippen LogP contribution in [-0.2, 0) is 14.8 Å². The van der Waals surface area contributed by atoms with Crippen LogP contribution in [0.5, 0.6) is 0 Å². The SMILES string of the molecule is CC#Cc1cc(C)c(C2C(=O)CCCN(S(=O)(=O)CC)CCCC2O)c(C)c1. The van der Waals surface area contributed by atoms with Gasteiger partial charge in [0.15, 0.2) is 0 Å². The number of Topliss-reactive ketones (excluding diaryl/α,β-unsaturated/α-hetero) is 1. The second kappa shape index (κ2) is 9.69. The van der Waals surface area contributed by atoms with Crippen molar-refractivity contribution in [2.24, 2.45) is 0 Å². The van der Waals surface area contributed by atoms with Crippen molar-refractivity contribution in [2.75, 3.05) is 18.8 Å². The van der Waals surface area contributed by atoms with Crippen molar-refractivity contribution in [3.63, 3.8) is 0 Å². The van der Waals surface area contributed by atoms with E-state index in [1.165, 1.54) is 4.31 Å². The number of nitrogens with zero attached hydrogens (tertiary/aromatic N) is 1. The first-order valence-corrected chi connectivity index (χ1v) is 11.5. The molecule has 0 radical (unpaired) electrons. The van der Waals surface area contributed by atoms with E-state index >= 15 is 0 Å². The predicted molar refractivity (Wildman–Crippen MR) is 112 cm³/mol. The van der Waals surface area contributed by atoms with Gasteiger partial charge in [0, 0.05) is 25.1 Å². The lowest BCUT2D eigenvalue weighted by Crippen LogP contribution is -2.37. The average molecular weight is 406 g/mol. The van der Waals surface area contributed by atoms with Crippen LogP contribution in [0.2, 0.25) is 0 Å². The minimum Gasteiger partial charge on any atom is -0.392 e. The quantitative estimate of drug-likeness (QED) is 0.785. The molecular formula is C22H31NO4S. The summed E-state index contributed by atoms with van der Waals surface area (Å²) in [5, 5.41) is 10.9. The van der Waals surface area contributed by atoms with E-state index in [2.05, 4.69) is 11.8 Å². The Kier molecular flexibility index (Phi) is 7.82. The Hall–Kier alpha value is -1.68. The molecule has 0 aromatic heterocycles. The van der Waals surface area contributed by atoms with Gasteiger partial charge in [-0.15, -0.1) is 5.92 Å². The van der Waals surface area contributed by atoms with Gasteiger partial charge < -0.3 is 5.11 Å².